The van der Waals surface area contributed by atoms with E-state index >= 15 is 0 Å². The van der Waals surface area contributed by atoms with Crippen molar-refractivity contribution < 1.29 is 14.6 Å². The number of aliphatic hydroxyl groups is 1. The van der Waals surface area contributed by atoms with E-state index in [4.69, 9.17) is 4.74 Å². The smallest absolute Gasteiger partial charge is 0.228 e. The lowest BCUT2D eigenvalue weighted by Crippen LogP contribution is -2.48. The Morgan fingerprint density at radius 1 is 1.53 bits per heavy atom. The number of carbonyl (C=O) groups excluding carboxylic acids is 1. The van der Waals surface area contributed by atoms with E-state index in [2.05, 4.69) is 10.3 Å². The van der Waals surface area contributed by atoms with Crippen LogP contribution >= 0.6 is 0 Å². The van der Waals surface area contributed by atoms with Crippen molar-refractivity contribution in [3.8, 4) is 0 Å². The van der Waals surface area contributed by atoms with Crippen molar-refractivity contribution in [3.63, 3.8) is 0 Å². The predicted molar refractivity (Wildman–Crippen MR) is 66.2 cm³/mol. The summed E-state index contributed by atoms with van der Waals surface area (Å²) < 4.78 is 5.18. The summed E-state index contributed by atoms with van der Waals surface area (Å²) >= 11 is 0. The van der Waals surface area contributed by atoms with Gasteiger partial charge in [0, 0.05) is 45.4 Å². The lowest BCUT2D eigenvalue weighted by Gasteiger charge is -2.32. The zero-order valence-electron chi connectivity index (χ0n) is 10.8. The van der Waals surface area contributed by atoms with Gasteiger partial charge >= 0.3 is 0 Å². The number of carbonyl (C=O) groups is 1. The molecule has 1 atom stereocenters. The maximum atomic E-state index is 11.8. The highest BCUT2D eigenvalue weighted by Gasteiger charge is 2.30. The van der Waals surface area contributed by atoms with E-state index in [0.29, 0.717) is 26.1 Å². The predicted octanol–water partition coefficient (Wildman–Crippen LogP) is 0.371. The molecule has 5 nitrogen and oxygen atoms in total. The van der Waals surface area contributed by atoms with Gasteiger partial charge in [-0.3, -0.25) is 9.79 Å². The molecule has 0 saturated carbocycles. The summed E-state index contributed by atoms with van der Waals surface area (Å²) in [6.45, 7) is 5.03. The van der Waals surface area contributed by atoms with E-state index in [-0.39, 0.29) is 18.4 Å². The number of ether oxygens (including phenoxy) is 1. The Balaban J connectivity index is 2.42. The van der Waals surface area contributed by atoms with Crippen LogP contribution in [0.4, 0.5) is 0 Å². The second kappa shape index (κ2) is 6.12. The fourth-order valence-corrected chi connectivity index (χ4v) is 1.72. The van der Waals surface area contributed by atoms with Gasteiger partial charge in [0.05, 0.1) is 11.5 Å². The molecule has 1 saturated heterocycles. The topological polar surface area (TPSA) is 70.9 Å². The van der Waals surface area contributed by atoms with Gasteiger partial charge in [0.2, 0.25) is 5.91 Å². The van der Waals surface area contributed by atoms with Gasteiger partial charge in [-0.15, -0.1) is 0 Å². The summed E-state index contributed by atoms with van der Waals surface area (Å²) in [4.78, 5) is 15.8. The van der Waals surface area contributed by atoms with Gasteiger partial charge in [0.25, 0.3) is 0 Å². The largest absolute Gasteiger partial charge is 0.388 e. The Morgan fingerprint density at radius 3 is 2.65 bits per heavy atom. The van der Waals surface area contributed by atoms with Crippen LogP contribution in [-0.2, 0) is 9.53 Å². The Labute approximate surface area is 102 Å². The van der Waals surface area contributed by atoms with E-state index in [1.54, 1.807) is 7.05 Å². The highest BCUT2D eigenvalue weighted by Crippen LogP contribution is 2.19. The molecule has 1 amide bonds. The monoisotopic (exact) mass is 242 g/mol. The van der Waals surface area contributed by atoms with Crippen molar-refractivity contribution >= 4 is 11.6 Å². The van der Waals surface area contributed by atoms with Crippen LogP contribution in [0.2, 0.25) is 0 Å². The van der Waals surface area contributed by atoms with Gasteiger partial charge in [-0.1, -0.05) is 0 Å². The van der Waals surface area contributed by atoms with Gasteiger partial charge in [-0.25, -0.2) is 0 Å². The van der Waals surface area contributed by atoms with Crippen LogP contribution in [0, 0.1) is 5.92 Å². The van der Waals surface area contributed by atoms with E-state index in [0.717, 1.165) is 5.71 Å². The Hall–Kier alpha value is -0.940. The maximum absolute atomic E-state index is 11.8. The molecule has 1 unspecified atom stereocenters. The van der Waals surface area contributed by atoms with E-state index in [9.17, 15) is 9.90 Å². The minimum absolute atomic E-state index is 0.0898. The third-order valence-electron chi connectivity index (χ3n) is 3.39. The molecule has 1 heterocycles. The van der Waals surface area contributed by atoms with E-state index in [1.165, 1.54) is 0 Å². The molecule has 0 bridgehead atoms. The molecule has 1 fully saturated rings. The lowest BCUT2D eigenvalue weighted by molar-refractivity contribution is -0.125. The van der Waals surface area contributed by atoms with Crippen molar-refractivity contribution in [1.82, 2.24) is 5.32 Å². The number of nitrogens with one attached hydrogen (secondary N) is 1. The molecule has 0 aromatic rings. The van der Waals surface area contributed by atoms with E-state index in [1.807, 2.05) is 13.8 Å². The van der Waals surface area contributed by atoms with Gasteiger partial charge in [0.15, 0.2) is 0 Å². The fourth-order valence-electron chi connectivity index (χ4n) is 1.72. The average Bonchev–Trinajstić information content (AvgIpc) is 2.35. The standard InChI is InChI=1S/C12H22N2O3/c1-9(10(2)13-3)11(15)14-8-12(16)4-6-17-7-5-12/h9,16H,4-8H2,1-3H3,(H,14,15). The summed E-state index contributed by atoms with van der Waals surface area (Å²) in [5, 5.41) is 13.0. The van der Waals surface area contributed by atoms with Crippen molar-refractivity contribution in [2.75, 3.05) is 26.8 Å². The van der Waals surface area contributed by atoms with Crippen LogP contribution in [0.1, 0.15) is 26.7 Å². The summed E-state index contributed by atoms with van der Waals surface area (Å²) in [6, 6.07) is 0. The Kier molecular flexibility index (Phi) is 5.08. The van der Waals surface area contributed by atoms with Crippen molar-refractivity contribution in [2.24, 2.45) is 10.9 Å². The highest BCUT2D eigenvalue weighted by molar-refractivity contribution is 6.02. The first kappa shape index (κ1) is 14.1. The summed E-state index contributed by atoms with van der Waals surface area (Å²) in [6.07, 6.45) is 1.14. The maximum Gasteiger partial charge on any atom is 0.228 e. The molecule has 17 heavy (non-hydrogen) atoms. The molecule has 1 aliphatic rings. The number of nitrogens with zero attached hydrogens (tertiary/aromatic N) is 1. The molecule has 2 N–H and O–H groups in total. The molecular formula is C12H22N2O3. The van der Waals surface area contributed by atoms with Crippen LogP contribution in [0.25, 0.3) is 0 Å². The van der Waals surface area contributed by atoms with Crippen LogP contribution in [0.3, 0.4) is 0 Å². The normalized spacial score (nSPS) is 22.0. The summed E-state index contributed by atoms with van der Waals surface area (Å²) in [5.74, 6) is -0.337. The van der Waals surface area contributed by atoms with Crippen molar-refractivity contribution in [2.45, 2.75) is 32.3 Å². The lowest BCUT2D eigenvalue weighted by atomic mass is 9.94. The van der Waals surface area contributed by atoms with Gasteiger partial charge in [-0.05, 0) is 13.8 Å². The van der Waals surface area contributed by atoms with Gasteiger partial charge in [-0.2, -0.15) is 0 Å². The average molecular weight is 242 g/mol. The minimum Gasteiger partial charge on any atom is -0.388 e. The zero-order valence-corrected chi connectivity index (χ0v) is 10.8. The van der Waals surface area contributed by atoms with Crippen LogP contribution in [0.5, 0.6) is 0 Å². The number of hydrogen-bond donors (Lipinski definition) is 2. The molecule has 0 aromatic carbocycles. The third kappa shape index (κ3) is 4.09. The first-order chi connectivity index (χ1) is 7.98. The quantitative estimate of drug-likeness (QED) is 0.700. The minimum atomic E-state index is -0.815. The second-order valence-corrected chi connectivity index (χ2v) is 4.64. The molecule has 0 radical (unpaired) electrons. The second-order valence-electron chi connectivity index (χ2n) is 4.64. The zero-order chi connectivity index (χ0) is 12.9. The molecule has 98 valence electrons. The fraction of sp³-hybridized carbons (Fsp3) is 0.833. The van der Waals surface area contributed by atoms with Crippen LogP contribution < -0.4 is 5.32 Å². The summed E-state index contributed by atoms with van der Waals surface area (Å²) in [5.41, 5.74) is -0.0216. The summed E-state index contributed by atoms with van der Waals surface area (Å²) in [7, 11) is 1.67. The van der Waals surface area contributed by atoms with E-state index < -0.39 is 5.60 Å². The Bertz CT molecular complexity index is 296. The number of rotatable bonds is 4. The molecule has 5 heteroatoms. The first-order valence-corrected chi connectivity index (χ1v) is 5.99. The highest BCUT2D eigenvalue weighted by atomic mass is 16.5. The van der Waals surface area contributed by atoms with Crippen molar-refractivity contribution in [1.29, 1.82) is 0 Å². The molecule has 1 rings (SSSR count). The van der Waals surface area contributed by atoms with Crippen LogP contribution in [0.15, 0.2) is 4.99 Å². The van der Waals surface area contributed by atoms with Crippen molar-refractivity contribution in [3.05, 3.63) is 0 Å². The van der Waals surface area contributed by atoms with Crippen LogP contribution in [-0.4, -0.2) is 49.1 Å². The number of hydrogen-bond acceptors (Lipinski definition) is 4. The molecular weight excluding hydrogens is 220 g/mol. The molecule has 0 aromatic heterocycles. The first-order valence-electron chi connectivity index (χ1n) is 5.99. The third-order valence-corrected chi connectivity index (χ3v) is 3.39. The number of amides is 1. The molecule has 1 aliphatic heterocycles. The number of aliphatic imine (C=N–C) groups is 1. The van der Waals surface area contributed by atoms with Gasteiger partial charge in [0.1, 0.15) is 0 Å². The SMILES string of the molecule is CN=C(C)C(C)C(=O)NCC1(O)CCOCC1. The molecule has 0 spiro atoms. The molecule has 0 aliphatic carbocycles. The van der Waals surface area contributed by atoms with Gasteiger partial charge < -0.3 is 15.2 Å². The Morgan fingerprint density at radius 2 is 2.12 bits per heavy atom.